The molecule has 0 aliphatic rings. The Morgan fingerprint density at radius 1 is 1.23 bits per heavy atom. The summed E-state index contributed by atoms with van der Waals surface area (Å²) in [6.45, 7) is 2.08. The zero-order valence-corrected chi connectivity index (χ0v) is 12.1. The van der Waals surface area contributed by atoms with Gasteiger partial charge < -0.3 is 10.6 Å². The van der Waals surface area contributed by atoms with Crippen molar-refractivity contribution in [2.75, 3.05) is 11.9 Å². The van der Waals surface area contributed by atoms with Crippen molar-refractivity contribution in [2.24, 2.45) is 0 Å². The van der Waals surface area contributed by atoms with Gasteiger partial charge >= 0.3 is 5.69 Å². The normalized spacial score (nSPS) is 10.0. The van der Waals surface area contributed by atoms with E-state index in [-0.39, 0.29) is 17.5 Å². The van der Waals surface area contributed by atoms with Crippen molar-refractivity contribution in [3.05, 3.63) is 58.8 Å². The lowest BCUT2D eigenvalue weighted by Gasteiger charge is -2.07. The summed E-state index contributed by atoms with van der Waals surface area (Å²) in [6, 6.07) is 8.21. The third kappa shape index (κ3) is 4.27. The molecule has 0 aliphatic heterocycles. The number of carbonyl (C=O) groups is 2. The van der Waals surface area contributed by atoms with Crippen LogP contribution in [0.2, 0.25) is 0 Å². The van der Waals surface area contributed by atoms with Crippen LogP contribution in [0, 0.1) is 0 Å². The number of anilines is 1. The maximum atomic E-state index is 12.0. The van der Waals surface area contributed by atoms with Gasteiger partial charge in [-0.1, -0.05) is 0 Å². The van der Waals surface area contributed by atoms with Crippen LogP contribution in [0.1, 0.15) is 17.3 Å². The van der Waals surface area contributed by atoms with E-state index >= 15 is 0 Å². The van der Waals surface area contributed by atoms with E-state index in [1.165, 1.54) is 17.7 Å². The molecule has 22 heavy (non-hydrogen) atoms. The number of carbonyl (C=O) groups excluding carboxylic acids is 2. The summed E-state index contributed by atoms with van der Waals surface area (Å²) in [7, 11) is 0. The van der Waals surface area contributed by atoms with Crippen molar-refractivity contribution in [1.82, 2.24) is 14.9 Å². The smallest absolute Gasteiger partial charge is 0.347 e. The monoisotopic (exact) mass is 300 g/mol. The van der Waals surface area contributed by atoms with E-state index in [9.17, 15) is 14.4 Å². The van der Waals surface area contributed by atoms with Crippen molar-refractivity contribution in [3.8, 4) is 0 Å². The molecule has 2 N–H and O–H groups in total. The van der Waals surface area contributed by atoms with Gasteiger partial charge in [-0.2, -0.15) is 0 Å². The van der Waals surface area contributed by atoms with E-state index in [4.69, 9.17) is 0 Å². The predicted octanol–water partition coefficient (Wildman–Crippen LogP) is 0.632. The van der Waals surface area contributed by atoms with Gasteiger partial charge in [0.05, 0.1) is 0 Å². The Kier molecular flexibility index (Phi) is 5.02. The number of nitrogens with zero attached hydrogens (tertiary/aromatic N) is 2. The molecular weight excluding hydrogens is 284 g/mol. The van der Waals surface area contributed by atoms with E-state index in [1.54, 1.807) is 36.5 Å². The van der Waals surface area contributed by atoms with Crippen molar-refractivity contribution >= 4 is 17.5 Å². The molecule has 1 aromatic carbocycles. The zero-order valence-electron chi connectivity index (χ0n) is 12.1. The molecule has 114 valence electrons. The minimum absolute atomic E-state index is 0.167. The summed E-state index contributed by atoms with van der Waals surface area (Å²) in [6.07, 6.45) is 3.04. The molecule has 1 heterocycles. The fraction of sp³-hybridized carbons (Fsp3) is 0.200. The SMILES string of the molecule is CC(=O)Nc1ccc(C(=O)NCCn2cccnc2=O)cc1. The van der Waals surface area contributed by atoms with Crippen LogP contribution in [0.3, 0.4) is 0 Å². The molecule has 7 heteroatoms. The summed E-state index contributed by atoms with van der Waals surface area (Å²) in [5, 5.41) is 5.35. The highest BCUT2D eigenvalue weighted by atomic mass is 16.2. The lowest BCUT2D eigenvalue weighted by atomic mass is 10.2. The topological polar surface area (TPSA) is 93.1 Å². The van der Waals surface area contributed by atoms with Gasteiger partial charge in [0.15, 0.2) is 0 Å². The second kappa shape index (κ2) is 7.16. The summed E-state index contributed by atoms with van der Waals surface area (Å²) < 4.78 is 1.42. The van der Waals surface area contributed by atoms with Crippen LogP contribution in [-0.2, 0) is 11.3 Å². The van der Waals surface area contributed by atoms with Gasteiger partial charge in [-0.05, 0) is 30.3 Å². The van der Waals surface area contributed by atoms with Gasteiger partial charge in [-0.15, -0.1) is 0 Å². The quantitative estimate of drug-likeness (QED) is 0.847. The molecule has 0 aliphatic carbocycles. The van der Waals surface area contributed by atoms with E-state index in [2.05, 4.69) is 15.6 Å². The number of aromatic nitrogens is 2. The third-order valence-electron chi connectivity index (χ3n) is 2.89. The van der Waals surface area contributed by atoms with Crippen molar-refractivity contribution in [3.63, 3.8) is 0 Å². The van der Waals surface area contributed by atoms with Crippen LogP contribution in [0.5, 0.6) is 0 Å². The van der Waals surface area contributed by atoms with Crippen LogP contribution in [0.4, 0.5) is 5.69 Å². The molecule has 0 bridgehead atoms. The molecule has 0 atom stereocenters. The predicted molar refractivity (Wildman–Crippen MR) is 81.6 cm³/mol. The standard InChI is InChI=1S/C15H16N4O3/c1-11(20)18-13-5-3-12(4-6-13)14(21)16-8-10-19-9-2-7-17-15(19)22/h2-7,9H,8,10H2,1H3,(H,16,21)(H,18,20). The van der Waals surface area contributed by atoms with E-state index in [0.717, 1.165) is 0 Å². The third-order valence-corrected chi connectivity index (χ3v) is 2.89. The number of hydrogen-bond acceptors (Lipinski definition) is 4. The Labute approximate surface area is 127 Å². The maximum Gasteiger partial charge on any atom is 0.347 e. The molecule has 1 aromatic heterocycles. The molecule has 0 unspecified atom stereocenters. The van der Waals surface area contributed by atoms with E-state index in [0.29, 0.717) is 24.3 Å². The summed E-state index contributed by atoms with van der Waals surface area (Å²) in [5.41, 5.74) is 0.759. The molecule has 2 amide bonds. The molecule has 0 radical (unpaired) electrons. The second-order valence-electron chi connectivity index (χ2n) is 4.61. The Balaban J connectivity index is 1.88. The number of rotatable bonds is 5. The Morgan fingerprint density at radius 2 is 1.95 bits per heavy atom. The van der Waals surface area contributed by atoms with Crippen molar-refractivity contribution < 1.29 is 9.59 Å². The van der Waals surface area contributed by atoms with Gasteiger partial charge in [0.2, 0.25) is 5.91 Å². The highest BCUT2D eigenvalue weighted by Crippen LogP contribution is 2.09. The van der Waals surface area contributed by atoms with Crippen LogP contribution >= 0.6 is 0 Å². The molecule has 2 rings (SSSR count). The fourth-order valence-corrected chi connectivity index (χ4v) is 1.86. The number of benzene rings is 1. The van der Waals surface area contributed by atoms with Gasteiger partial charge in [-0.25, -0.2) is 9.78 Å². The lowest BCUT2D eigenvalue weighted by Crippen LogP contribution is -2.31. The first-order chi connectivity index (χ1) is 10.6. The maximum absolute atomic E-state index is 12.0. The minimum Gasteiger partial charge on any atom is -0.350 e. The Bertz CT molecular complexity index is 722. The van der Waals surface area contributed by atoms with Gasteiger partial charge in [0.1, 0.15) is 0 Å². The molecule has 0 fully saturated rings. The number of nitrogens with one attached hydrogen (secondary N) is 2. The first-order valence-corrected chi connectivity index (χ1v) is 6.73. The molecule has 7 nitrogen and oxygen atoms in total. The lowest BCUT2D eigenvalue weighted by molar-refractivity contribution is -0.114. The highest BCUT2D eigenvalue weighted by molar-refractivity contribution is 5.95. The van der Waals surface area contributed by atoms with E-state index < -0.39 is 0 Å². The average molecular weight is 300 g/mol. The van der Waals surface area contributed by atoms with Crippen LogP contribution < -0.4 is 16.3 Å². The summed E-state index contributed by atoms with van der Waals surface area (Å²) in [4.78, 5) is 37.9. The fourth-order valence-electron chi connectivity index (χ4n) is 1.86. The first kappa shape index (κ1) is 15.4. The summed E-state index contributed by atoms with van der Waals surface area (Å²) >= 11 is 0. The largest absolute Gasteiger partial charge is 0.350 e. The Morgan fingerprint density at radius 3 is 2.59 bits per heavy atom. The van der Waals surface area contributed by atoms with Crippen molar-refractivity contribution in [1.29, 1.82) is 0 Å². The zero-order chi connectivity index (χ0) is 15.9. The average Bonchev–Trinajstić information content (AvgIpc) is 2.49. The van der Waals surface area contributed by atoms with Crippen molar-refractivity contribution in [2.45, 2.75) is 13.5 Å². The number of hydrogen-bond donors (Lipinski definition) is 2. The molecule has 0 saturated heterocycles. The minimum atomic E-state index is -0.351. The van der Waals surface area contributed by atoms with Crippen LogP contribution in [0.15, 0.2) is 47.5 Å². The van der Waals surface area contributed by atoms with Gasteiger partial charge in [0, 0.05) is 43.7 Å². The number of amides is 2. The molecule has 0 spiro atoms. The summed E-state index contributed by atoms with van der Waals surface area (Å²) in [5.74, 6) is -0.412. The highest BCUT2D eigenvalue weighted by Gasteiger charge is 2.05. The Hall–Kier alpha value is -2.96. The molecule has 2 aromatic rings. The second-order valence-corrected chi connectivity index (χ2v) is 4.61. The van der Waals surface area contributed by atoms with Crippen LogP contribution in [-0.4, -0.2) is 27.9 Å². The van der Waals surface area contributed by atoms with E-state index in [1.807, 2.05) is 0 Å². The van der Waals surface area contributed by atoms with Crippen LogP contribution in [0.25, 0.3) is 0 Å². The first-order valence-electron chi connectivity index (χ1n) is 6.73. The van der Waals surface area contributed by atoms with Gasteiger partial charge in [-0.3, -0.25) is 14.2 Å². The molecular formula is C15H16N4O3. The molecule has 0 saturated carbocycles. The van der Waals surface area contributed by atoms with Gasteiger partial charge in [0.25, 0.3) is 5.91 Å².